The highest BCUT2D eigenvalue weighted by Crippen LogP contribution is 2.22. The highest BCUT2D eigenvalue weighted by atomic mass is 127. The molecule has 0 amide bonds. The molecule has 1 aromatic rings. The van der Waals surface area contributed by atoms with Crippen molar-refractivity contribution < 1.29 is 17.9 Å². The van der Waals surface area contributed by atoms with E-state index in [1.807, 2.05) is 12.1 Å². The maximum Gasteiger partial charge on any atom is 0.401 e. The van der Waals surface area contributed by atoms with E-state index >= 15 is 0 Å². The van der Waals surface area contributed by atoms with Crippen molar-refractivity contribution in [1.29, 1.82) is 0 Å². The number of benzene rings is 1. The van der Waals surface area contributed by atoms with E-state index in [4.69, 9.17) is 10.5 Å². The van der Waals surface area contributed by atoms with Gasteiger partial charge in [0.1, 0.15) is 5.75 Å². The Balaban J connectivity index is 0.00000484. The molecule has 0 saturated carbocycles. The number of halogens is 4. The van der Waals surface area contributed by atoms with Crippen LogP contribution in [0.15, 0.2) is 29.3 Å². The average molecular weight is 446 g/mol. The summed E-state index contributed by atoms with van der Waals surface area (Å²) in [4.78, 5) is 5.29. The molecule has 3 N–H and O–H groups in total. The molecule has 0 saturated heterocycles. The van der Waals surface area contributed by atoms with Crippen LogP contribution in [0.1, 0.15) is 6.42 Å². The third-order valence-electron chi connectivity index (χ3n) is 2.80. The van der Waals surface area contributed by atoms with Crippen LogP contribution in [0.5, 0.6) is 5.75 Å². The first kappa shape index (κ1) is 21.8. The number of nitrogens with one attached hydrogen (secondary N) is 1. The second kappa shape index (κ2) is 10.5. The minimum atomic E-state index is -4.18. The molecule has 5 nitrogen and oxygen atoms in total. The van der Waals surface area contributed by atoms with Crippen LogP contribution in [0.3, 0.4) is 0 Å². The summed E-state index contributed by atoms with van der Waals surface area (Å²) in [5.41, 5.74) is 6.42. The van der Waals surface area contributed by atoms with Crippen LogP contribution in [-0.2, 0) is 0 Å². The molecule has 0 aliphatic rings. The number of ether oxygens (including phenoxy) is 1. The summed E-state index contributed by atoms with van der Waals surface area (Å²) in [5.74, 6) is 0.827. The van der Waals surface area contributed by atoms with Crippen molar-refractivity contribution in [3.05, 3.63) is 24.3 Å². The molecule has 0 unspecified atom stereocenters. The van der Waals surface area contributed by atoms with Crippen LogP contribution < -0.4 is 15.8 Å². The molecule has 0 fully saturated rings. The van der Waals surface area contributed by atoms with Crippen LogP contribution in [0, 0.1) is 0 Å². The van der Waals surface area contributed by atoms with Gasteiger partial charge in [0.25, 0.3) is 0 Å². The molecule has 0 spiro atoms. The van der Waals surface area contributed by atoms with Gasteiger partial charge in [0.2, 0.25) is 0 Å². The van der Waals surface area contributed by atoms with Crippen LogP contribution in [0.4, 0.5) is 18.9 Å². The molecule has 0 aromatic heterocycles. The van der Waals surface area contributed by atoms with Gasteiger partial charge in [-0.05, 0) is 32.1 Å². The largest absolute Gasteiger partial charge is 0.495 e. The molecule has 0 heterocycles. The van der Waals surface area contributed by atoms with Crippen LogP contribution in [-0.4, -0.2) is 50.8 Å². The lowest BCUT2D eigenvalue weighted by Gasteiger charge is -2.17. The van der Waals surface area contributed by atoms with Gasteiger partial charge in [0, 0.05) is 6.54 Å². The lowest BCUT2D eigenvalue weighted by molar-refractivity contribution is -0.143. The van der Waals surface area contributed by atoms with Crippen molar-refractivity contribution in [1.82, 2.24) is 4.90 Å². The van der Waals surface area contributed by atoms with Gasteiger partial charge in [-0.15, -0.1) is 24.0 Å². The van der Waals surface area contributed by atoms with E-state index in [9.17, 15) is 13.2 Å². The Labute approximate surface area is 151 Å². The fourth-order valence-corrected chi connectivity index (χ4v) is 1.85. The highest BCUT2D eigenvalue weighted by Gasteiger charge is 2.28. The lowest BCUT2D eigenvalue weighted by Crippen LogP contribution is -2.32. The van der Waals surface area contributed by atoms with E-state index in [0.717, 1.165) is 0 Å². The summed E-state index contributed by atoms with van der Waals surface area (Å²) < 4.78 is 41.6. The monoisotopic (exact) mass is 446 g/mol. The van der Waals surface area contributed by atoms with Crippen molar-refractivity contribution in [2.75, 3.05) is 39.1 Å². The van der Waals surface area contributed by atoms with E-state index in [0.29, 0.717) is 30.9 Å². The summed E-state index contributed by atoms with van der Waals surface area (Å²) in [7, 11) is 2.97. The number of hydrogen-bond donors (Lipinski definition) is 2. The Kier molecular flexibility index (Phi) is 9.96. The molecule has 0 aliphatic heterocycles. The van der Waals surface area contributed by atoms with Gasteiger partial charge in [-0.2, -0.15) is 13.2 Å². The maximum atomic E-state index is 12.1. The smallest absolute Gasteiger partial charge is 0.401 e. The first-order chi connectivity index (χ1) is 10.3. The van der Waals surface area contributed by atoms with Gasteiger partial charge in [-0.3, -0.25) is 9.89 Å². The third kappa shape index (κ3) is 9.49. The molecule has 0 atom stereocenters. The summed E-state index contributed by atoms with van der Waals surface area (Å²) in [5, 5.41) is 2.90. The average Bonchev–Trinajstić information content (AvgIpc) is 2.42. The van der Waals surface area contributed by atoms with Crippen molar-refractivity contribution >= 4 is 35.6 Å². The zero-order valence-corrected chi connectivity index (χ0v) is 15.4. The summed E-state index contributed by atoms with van der Waals surface area (Å²) >= 11 is 0. The van der Waals surface area contributed by atoms with Crippen molar-refractivity contribution in [2.24, 2.45) is 10.7 Å². The predicted molar refractivity (Wildman–Crippen MR) is 96.7 cm³/mol. The summed E-state index contributed by atoms with van der Waals surface area (Å²) in [6, 6.07) is 7.22. The zero-order valence-electron chi connectivity index (χ0n) is 13.1. The molecule has 0 radical (unpaired) electrons. The normalized spacial score (nSPS) is 12.0. The van der Waals surface area contributed by atoms with Gasteiger partial charge in [-0.1, -0.05) is 12.1 Å². The van der Waals surface area contributed by atoms with E-state index < -0.39 is 12.7 Å². The van der Waals surface area contributed by atoms with E-state index in [1.165, 1.54) is 11.9 Å². The van der Waals surface area contributed by atoms with E-state index in [-0.39, 0.29) is 29.9 Å². The number of hydrogen-bond acceptors (Lipinski definition) is 3. The molecule has 9 heteroatoms. The lowest BCUT2D eigenvalue weighted by atomic mass is 10.3. The number of rotatable bonds is 7. The fourth-order valence-electron chi connectivity index (χ4n) is 1.85. The fraction of sp³-hybridized carbons (Fsp3) is 0.500. The summed E-state index contributed by atoms with van der Waals surface area (Å²) in [6.45, 7) is -0.285. The van der Waals surface area contributed by atoms with Gasteiger partial charge in [0.15, 0.2) is 5.96 Å². The molecule has 23 heavy (non-hydrogen) atoms. The minimum Gasteiger partial charge on any atom is -0.495 e. The second-order valence-electron chi connectivity index (χ2n) is 4.80. The Morgan fingerprint density at radius 2 is 2.00 bits per heavy atom. The molecule has 132 valence electrons. The first-order valence-corrected chi connectivity index (χ1v) is 6.77. The Hall–Kier alpha value is -1.23. The van der Waals surface area contributed by atoms with Crippen molar-refractivity contribution in [3.8, 4) is 5.75 Å². The Bertz CT molecular complexity index is 497. The maximum absolute atomic E-state index is 12.1. The SMILES string of the molecule is COc1ccccc1NC(N)=NCCCN(C)CC(F)(F)F.I. The minimum absolute atomic E-state index is 0. The molecule has 0 aliphatic carbocycles. The Morgan fingerprint density at radius 1 is 1.35 bits per heavy atom. The van der Waals surface area contributed by atoms with Crippen molar-refractivity contribution in [3.63, 3.8) is 0 Å². The topological polar surface area (TPSA) is 62.9 Å². The molecular formula is C14H22F3IN4O. The number of anilines is 1. The molecule has 1 rings (SSSR count). The third-order valence-corrected chi connectivity index (χ3v) is 2.80. The first-order valence-electron chi connectivity index (χ1n) is 6.77. The quantitative estimate of drug-likeness (QED) is 0.293. The van der Waals surface area contributed by atoms with E-state index in [1.54, 1.807) is 19.2 Å². The molecule has 0 bridgehead atoms. The number of guanidine groups is 1. The Morgan fingerprint density at radius 3 is 2.61 bits per heavy atom. The van der Waals surface area contributed by atoms with Crippen molar-refractivity contribution in [2.45, 2.75) is 12.6 Å². The predicted octanol–water partition coefficient (Wildman–Crippen LogP) is 2.92. The van der Waals surface area contributed by atoms with Crippen LogP contribution in [0.2, 0.25) is 0 Å². The molecule has 1 aromatic carbocycles. The van der Waals surface area contributed by atoms with Crippen LogP contribution in [0.25, 0.3) is 0 Å². The highest BCUT2D eigenvalue weighted by molar-refractivity contribution is 14.0. The van der Waals surface area contributed by atoms with Gasteiger partial charge >= 0.3 is 6.18 Å². The zero-order chi connectivity index (χ0) is 16.6. The number of alkyl halides is 3. The van der Waals surface area contributed by atoms with E-state index in [2.05, 4.69) is 10.3 Å². The summed E-state index contributed by atoms with van der Waals surface area (Å²) in [6.07, 6.45) is -3.69. The number of para-hydroxylation sites is 2. The number of nitrogens with zero attached hydrogens (tertiary/aromatic N) is 2. The van der Waals surface area contributed by atoms with Gasteiger partial charge < -0.3 is 15.8 Å². The number of nitrogens with two attached hydrogens (primary N) is 1. The van der Waals surface area contributed by atoms with Crippen LogP contribution >= 0.6 is 24.0 Å². The second-order valence-corrected chi connectivity index (χ2v) is 4.80. The number of aliphatic imine (C=N–C) groups is 1. The number of methoxy groups -OCH3 is 1. The van der Waals surface area contributed by atoms with Gasteiger partial charge in [0.05, 0.1) is 19.3 Å². The standard InChI is InChI=1S/C14H21F3N4O.HI/c1-21(10-14(15,16)17)9-5-8-19-13(18)20-11-6-3-4-7-12(11)22-2;/h3-4,6-7H,5,8-10H2,1-2H3,(H3,18,19,20);1H. The molecular weight excluding hydrogens is 424 g/mol. The van der Waals surface area contributed by atoms with Gasteiger partial charge in [-0.25, -0.2) is 0 Å².